The molecule has 0 aliphatic heterocycles. The van der Waals surface area contributed by atoms with Gasteiger partial charge in [0.05, 0.1) is 0 Å². The van der Waals surface area contributed by atoms with Gasteiger partial charge in [-0.3, -0.25) is 4.79 Å². The van der Waals surface area contributed by atoms with Crippen molar-refractivity contribution in [3.63, 3.8) is 0 Å². The van der Waals surface area contributed by atoms with Gasteiger partial charge in [-0.25, -0.2) is 4.98 Å². The highest BCUT2D eigenvalue weighted by atomic mass is 32.1. The number of aromatic nitrogens is 1. The third-order valence-electron chi connectivity index (χ3n) is 3.07. The van der Waals surface area contributed by atoms with Gasteiger partial charge in [-0.2, -0.15) is 11.3 Å². The molecule has 1 atom stereocenters. The van der Waals surface area contributed by atoms with Gasteiger partial charge in [0.1, 0.15) is 5.82 Å². The highest BCUT2D eigenvalue weighted by Crippen LogP contribution is 2.12. The lowest BCUT2D eigenvalue weighted by Gasteiger charge is -2.14. The highest BCUT2D eigenvalue weighted by molar-refractivity contribution is 7.07. The molecule has 2 rings (SSSR count). The van der Waals surface area contributed by atoms with E-state index in [2.05, 4.69) is 32.4 Å². The summed E-state index contributed by atoms with van der Waals surface area (Å²) in [5, 5.41) is 10.4. The molecule has 2 heterocycles. The minimum atomic E-state index is -0.0533. The van der Waals surface area contributed by atoms with Gasteiger partial charge >= 0.3 is 0 Å². The minimum absolute atomic E-state index is 0.0533. The number of aryl methyl sites for hydroxylation is 1. The molecule has 0 radical (unpaired) electrons. The summed E-state index contributed by atoms with van der Waals surface area (Å²) in [4.78, 5) is 16.7. The summed E-state index contributed by atoms with van der Waals surface area (Å²) in [6, 6.07) is 5.80. The molecule has 0 fully saturated rings. The standard InChI is InChI=1S/C16H21N3OS/c1-4-17-15-9-14(8-12(3)18-15)16(20)19-11(2)7-13-5-6-21-10-13/h5-6,8-11H,4,7H2,1-3H3,(H,17,18)(H,19,20). The fourth-order valence-electron chi connectivity index (χ4n) is 2.19. The van der Waals surface area contributed by atoms with Crippen LogP contribution in [-0.2, 0) is 6.42 Å². The third kappa shape index (κ3) is 4.56. The number of anilines is 1. The maximum atomic E-state index is 12.3. The second kappa shape index (κ2) is 7.22. The zero-order valence-corrected chi connectivity index (χ0v) is 13.5. The molecule has 1 amide bonds. The number of thiophene rings is 1. The largest absolute Gasteiger partial charge is 0.370 e. The molecule has 1 unspecified atom stereocenters. The molecule has 0 spiro atoms. The fraction of sp³-hybridized carbons (Fsp3) is 0.375. The van der Waals surface area contributed by atoms with Crippen LogP contribution in [-0.4, -0.2) is 23.5 Å². The van der Waals surface area contributed by atoms with Crippen molar-refractivity contribution >= 4 is 23.1 Å². The van der Waals surface area contributed by atoms with E-state index in [1.165, 1.54) is 5.56 Å². The van der Waals surface area contributed by atoms with E-state index in [9.17, 15) is 4.79 Å². The molecule has 2 aromatic heterocycles. The Hall–Kier alpha value is -1.88. The van der Waals surface area contributed by atoms with Crippen molar-refractivity contribution in [1.29, 1.82) is 0 Å². The monoisotopic (exact) mass is 303 g/mol. The van der Waals surface area contributed by atoms with Gasteiger partial charge in [-0.15, -0.1) is 0 Å². The van der Waals surface area contributed by atoms with E-state index >= 15 is 0 Å². The van der Waals surface area contributed by atoms with Crippen LogP contribution in [0.5, 0.6) is 0 Å². The summed E-state index contributed by atoms with van der Waals surface area (Å²) in [5.74, 6) is 0.690. The van der Waals surface area contributed by atoms with E-state index in [-0.39, 0.29) is 11.9 Å². The number of rotatable bonds is 6. The Morgan fingerprint density at radius 2 is 2.24 bits per heavy atom. The van der Waals surface area contributed by atoms with Crippen LogP contribution < -0.4 is 10.6 Å². The molecule has 0 aliphatic carbocycles. The topological polar surface area (TPSA) is 54.0 Å². The van der Waals surface area contributed by atoms with Crippen molar-refractivity contribution in [3.05, 3.63) is 45.8 Å². The van der Waals surface area contributed by atoms with Crippen molar-refractivity contribution in [2.24, 2.45) is 0 Å². The predicted octanol–water partition coefficient (Wildman–Crippen LogP) is 3.24. The van der Waals surface area contributed by atoms with Crippen molar-refractivity contribution in [1.82, 2.24) is 10.3 Å². The molecule has 21 heavy (non-hydrogen) atoms. The highest BCUT2D eigenvalue weighted by Gasteiger charge is 2.12. The molecule has 2 aromatic rings. The van der Waals surface area contributed by atoms with Crippen LogP contribution in [0.15, 0.2) is 29.0 Å². The Morgan fingerprint density at radius 1 is 1.43 bits per heavy atom. The maximum Gasteiger partial charge on any atom is 0.251 e. The third-order valence-corrected chi connectivity index (χ3v) is 3.81. The van der Waals surface area contributed by atoms with Crippen LogP contribution in [0, 0.1) is 6.92 Å². The summed E-state index contributed by atoms with van der Waals surface area (Å²) in [6.07, 6.45) is 0.847. The fourth-order valence-corrected chi connectivity index (χ4v) is 2.87. The second-order valence-corrected chi connectivity index (χ2v) is 5.90. The molecule has 0 aromatic carbocycles. The smallest absolute Gasteiger partial charge is 0.251 e. The summed E-state index contributed by atoms with van der Waals surface area (Å²) in [5.41, 5.74) is 2.74. The molecule has 0 aliphatic rings. The van der Waals surface area contributed by atoms with Crippen LogP contribution in [0.3, 0.4) is 0 Å². The van der Waals surface area contributed by atoms with Crippen molar-refractivity contribution < 1.29 is 4.79 Å². The Bertz CT molecular complexity index is 596. The van der Waals surface area contributed by atoms with Crippen LogP contribution >= 0.6 is 11.3 Å². The van der Waals surface area contributed by atoms with Gasteiger partial charge in [0, 0.05) is 23.8 Å². The molecule has 4 nitrogen and oxygen atoms in total. The van der Waals surface area contributed by atoms with Crippen LogP contribution in [0.2, 0.25) is 0 Å². The molecule has 0 saturated carbocycles. The van der Waals surface area contributed by atoms with E-state index in [0.717, 1.165) is 24.5 Å². The molecule has 112 valence electrons. The molecule has 0 bridgehead atoms. The first-order chi connectivity index (χ1) is 10.1. The number of amides is 1. The lowest BCUT2D eigenvalue weighted by atomic mass is 10.1. The SMILES string of the molecule is CCNc1cc(C(=O)NC(C)Cc2ccsc2)cc(C)n1. The van der Waals surface area contributed by atoms with Crippen LogP contribution in [0.4, 0.5) is 5.82 Å². The number of carbonyl (C=O) groups excluding carboxylic acids is 1. The second-order valence-electron chi connectivity index (χ2n) is 5.12. The van der Waals surface area contributed by atoms with Gasteiger partial charge in [0.25, 0.3) is 5.91 Å². The lowest BCUT2D eigenvalue weighted by Crippen LogP contribution is -2.34. The maximum absolute atomic E-state index is 12.3. The molecule has 0 saturated heterocycles. The van der Waals surface area contributed by atoms with Gasteiger partial charge in [-0.05, 0) is 61.7 Å². The first kappa shape index (κ1) is 15.5. The number of carbonyl (C=O) groups is 1. The van der Waals surface area contributed by atoms with Crippen molar-refractivity contribution in [2.75, 3.05) is 11.9 Å². The van der Waals surface area contributed by atoms with Crippen LogP contribution in [0.25, 0.3) is 0 Å². The number of nitrogens with one attached hydrogen (secondary N) is 2. The van der Waals surface area contributed by atoms with E-state index in [0.29, 0.717) is 5.56 Å². The van der Waals surface area contributed by atoms with Gasteiger partial charge in [0.2, 0.25) is 0 Å². The molecule has 2 N–H and O–H groups in total. The zero-order valence-electron chi connectivity index (χ0n) is 12.6. The van der Waals surface area contributed by atoms with E-state index in [1.54, 1.807) is 17.4 Å². The summed E-state index contributed by atoms with van der Waals surface area (Å²) in [6.45, 7) is 6.71. The first-order valence-electron chi connectivity index (χ1n) is 7.13. The molecular formula is C16H21N3OS. The Morgan fingerprint density at radius 3 is 2.90 bits per heavy atom. The number of hydrogen-bond acceptors (Lipinski definition) is 4. The van der Waals surface area contributed by atoms with Crippen LogP contribution in [0.1, 0.15) is 35.5 Å². The van der Waals surface area contributed by atoms with E-state index in [4.69, 9.17) is 0 Å². The average molecular weight is 303 g/mol. The summed E-state index contributed by atoms with van der Waals surface area (Å²) in [7, 11) is 0. The predicted molar refractivity (Wildman–Crippen MR) is 88.1 cm³/mol. The number of hydrogen-bond donors (Lipinski definition) is 2. The normalized spacial score (nSPS) is 12.0. The van der Waals surface area contributed by atoms with Gasteiger partial charge in [-0.1, -0.05) is 0 Å². The Balaban J connectivity index is 2.02. The van der Waals surface area contributed by atoms with E-state index < -0.39 is 0 Å². The summed E-state index contributed by atoms with van der Waals surface area (Å²) < 4.78 is 0. The van der Waals surface area contributed by atoms with Gasteiger partial charge < -0.3 is 10.6 Å². The first-order valence-corrected chi connectivity index (χ1v) is 8.07. The number of nitrogens with zero attached hydrogens (tertiary/aromatic N) is 1. The van der Waals surface area contributed by atoms with Gasteiger partial charge in [0.15, 0.2) is 0 Å². The molecular weight excluding hydrogens is 282 g/mol. The van der Waals surface area contributed by atoms with Crippen molar-refractivity contribution in [2.45, 2.75) is 33.2 Å². The number of pyridine rings is 1. The van der Waals surface area contributed by atoms with E-state index in [1.807, 2.05) is 26.8 Å². The molecule has 5 heteroatoms. The minimum Gasteiger partial charge on any atom is -0.370 e. The lowest BCUT2D eigenvalue weighted by molar-refractivity contribution is 0.0940. The zero-order chi connectivity index (χ0) is 15.2. The Kier molecular flexibility index (Phi) is 5.33. The average Bonchev–Trinajstić information content (AvgIpc) is 2.91. The Labute approximate surface area is 129 Å². The summed E-state index contributed by atoms with van der Waals surface area (Å²) >= 11 is 1.68. The van der Waals surface area contributed by atoms with Crippen molar-refractivity contribution in [3.8, 4) is 0 Å². The quantitative estimate of drug-likeness (QED) is 0.861.